The first-order valence-electron chi connectivity index (χ1n) is 8.22. The summed E-state index contributed by atoms with van der Waals surface area (Å²) in [5.74, 6) is -0.545. The number of halogens is 2. The molecule has 4 rings (SSSR count). The Morgan fingerprint density at radius 2 is 2.00 bits per heavy atom. The molecule has 5 heteroatoms. The number of hydrogen-bond donors (Lipinski definition) is 2. The van der Waals surface area contributed by atoms with Crippen LogP contribution in [-0.2, 0) is 0 Å². The van der Waals surface area contributed by atoms with Gasteiger partial charge in [-0.3, -0.25) is 0 Å². The van der Waals surface area contributed by atoms with Crippen molar-refractivity contribution in [3.05, 3.63) is 74.8 Å². The molecule has 0 bridgehead atoms. The molecule has 2 N–H and O–H groups in total. The van der Waals surface area contributed by atoms with E-state index in [2.05, 4.69) is 17.5 Å². The van der Waals surface area contributed by atoms with Crippen LogP contribution in [0.2, 0.25) is 10.0 Å². The molecule has 2 aliphatic rings. The Hall–Kier alpha value is -1.97. The molecule has 0 unspecified atom stereocenters. The summed E-state index contributed by atoms with van der Waals surface area (Å²) in [6.07, 6.45) is 5.18. The van der Waals surface area contributed by atoms with E-state index in [9.17, 15) is 9.90 Å². The van der Waals surface area contributed by atoms with Crippen LogP contribution in [0.25, 0.3) is 0 Å². The normalized spacial score (nSPS) is 23.7. The second kappa shape index (κ2) is 6.08. The molecule has 3 nitrogen and oxygen atoms in total. The molecule has 0 fully saturated rings. The molecule has 0 aromatic heterocycles. The van der Waals surface area contributed by atoms with Crippen molar-refractivity contribution >= 4 is 34.9 Å². The fourth-order valence-corrected chi connectivity index (χ4v) is 4.38. The molecule has 0 amide bonds. The molecule has 2 aromatic rings. The number of rotatable bonds is 2. The number of carboxylic acids is 1. The lowest BCUT2D eigenvalue weighted by Gasteiger charge is -2.39. The van der Waals surface area contributed by atoms with E-state index >= 15 is 0 Å². The van der Waals surface area contributed by atoms with Crippen molar-refractivity contribution in [3.63, 3.8) is 0 Å². The van der Waals surface area contributed by atoms with Crippen molar-refractivity contribution in [3.8, 4) is 0 Å². The van der Waals surface area contributed by atoms with Gasteiger partial charge in [0, 0.05) is 11.6 Å². The first-order valence-corrected chi connectivity index (χ1v) is 8.98. The largest absolute Gasteiger partial charge is 0.478 e. The van der Waals surface area contributed by atoms with Gasteiger partial charge in [0.15, 0.2) is 0 Å². The lowest BCUT2D eigenvalue weighted by Crippen LogP contribution is -2.31. The van der Waals surface area contributed by atoms with Gasteiger partial charge in [0.25, 0.3) is 0 Å². The van der Waals surface area contributed by atoms with Gasteiger partial charge in [-0.25, -0.2) is 4.79 Å². The SMILES string of the molecule is Cc1ccc(C(=O)O)c2c1N[C@H](c1ccc(Cl)c(Cl)c1)[C@@H]1CC=C[C@@H]21. The van der Waals surface area contributed by atoms with Crippen molar-refractivity contribution in [2.45, 2.75) is 25.3 Å². The highest BCUT2D eigenvalue weighted by Crippen LogP contribution is 2.52. The van der Waals surface area contributed by atoms with Gasteiger partial charge in [-0.05, 0) is 54.2 Å². The topological polar surface area (TPSA) is 49.3 Å². The van der Waals surface area contributed by atoms with Crippen molar-refractivity contribution in [2.75, 3.05) is 5.32 Å². The number of aromatic carboxylic acids is 1. The third kappa shape index (κ3) is 2.62. The van der Waals surface area contributed by atoms with Gasteiger partial charge in [0.1, 0.15) is 0 Å². The molecule has 1 aliphatic heterocycles. The predicted octanol–water partition coefficient (Wildman–Crippen LogP) is 5.83. The van der Waals surface area contributed by atoms with Crippen LogP contribution in [0.4, 0.5) is 5.69 Å². The van der Waals surface area contributed by atoms with Crippen LogP contribution in [-0.4, -0.2) is 11.1 Å². The molecule has 25 heavy (non-hydrogen) atoms. The number of anilines is 1. The zero-order chi connectivity index (χ0) is 17.7. The highest BCUT2D eigenvalue weighted by atomic mass is 35.5. The maximum absolute atomic E-state index is 11.7. The van der Waals surface area contributed by atoms with Gasteiger partial charge < -0.3 is 10.4 Å². The summed E-state index contributed by atoms with van der Waals surface area (Å²) in [5, 5.41) is 14.3. The minimum atomic E-state index is -0.884. The Bertz CT molecular complexity index is 907. The van der Waals surface area contributed by atoms with E-state index in [0.29, 0.717) is 15.6 Å². The summed E-state index contributed by atoms with van der Waals surface area (Å²) in [6.45, 7) is 2.00. The van der Waals surface area contributed by atoms with Crippen molar-refractivity contribution in [2.24, 2.45) is 5.92 Å². The van der Waals surface area contributed by atoms with Gasteiger partial charge in [0.05, 0.1) is 21.7 Å². The number of carbonyl (C=O) groups is 1. The maximum Gasteiger partial charge on any atom is 0.336 e. The van der Waals surface area contributed by atoms with Gasteiger partial charge >= 0.3 is 5.97 Å². The minimum absolute atomic E-state index is 0.0602. The lowest BCUT2D eigenvalue weighted by molar-refractivity contribution is 0.0695. The fraction of sp³-hybridized carbons (Fsp3) is 0.250. The van der Waals surface area contributed by atoms with Crippen LogP contribution in [0.15, 0.2) is 42.5 Å². The van der Waals surface area contributed by atoms with E-state index in [0.717, 1.165) is 28.8 Å². The molecule has 3 atom stereocenters. The van der Waals surface area contributed by atoms with Crippen LogP contribution in [0.1, 0.15) is 45.4 Å². The number of fused-ring (bicyclic) bond motifs is 3. The van der Waals surface area contributed by atoms with E-state index in [-0.39, 0.29) is 17.9 Å². The second-order valence-corrected chi connectivity index (χ2v) is 7.49. The zero-order valence-corrected chi connectivity index (χ0v) is 15.1. The summed E-state index contributed by atoms with van der Waals surface area (Å²) in [4.78, 5) is 11.7. The second-order valence-electron chi connectivity index (χ2n) is 6.67. The highest BCUT2D eigenvalue weighted by molar-refractivity contribution is 6.42. The van der Waals surface area contributed by atoms with Gasteiger partial charge in [-0.15, -0.1) is 0 Å². The summed E-state index contributed by atoms with van der Waals surface area (Å²) < 4.78 is 0. The Morgan fingerprint density at radius 1 is 1.20 bits per heavy atom. The minimum Gasteiger partial charge on any atom is -0.478 e. The van der Waals surface area contributed by atoms with Crippen molar-refractivity contribution < 1.29 is 9.90 Å². The van der Waals surface area contributed by atoms with E-state index in [4.69, 9.17) is 23.2 Å². The Morgan fingerprint density at radius 3 is 2.72 bits per heavy atom. The molecular weight excluding hydrogens is 357 g/mol. The van der Waals surface area contributed by atoms with Crippen molar-refractivity contribution in [1.29, 1.82) is 0 Å². The third-order valence-corrected chi connectivity index (χ3v) is 6.00. The number of carboxylic acid groups (broad SMARTS) is 1. The van der Waals surface area contributed by atoms with E-state index in [1.807, 2.05) is 31.2 Å². The van der Waals surface area contributed by atoms with Gasteiger partial charge in [-0.1, -0.05) is 47.5 Å². The zero-order valence-electron chi connectivity index (χ0n) is 13.6. The van der Waals surface area contributed by atoms with Crippen molar-refractivity contribution in [1.82, 2.24) is 0 Å². The number of aryl methyl sites for hydroxylation is 1. The maximum atomic E-state index is 11.7. The number of nitrogens with one attached hydrogen (secondary N) is 1. The number of allylic oxidation sites excluding steroid dienone is 2. The van der Waals surface area contributed by atoms with Crippen LogP contribution in [0.5, 0.6) is 0 Å². The summed E-state index contributed by atoms with van der Waals surface area (Å²) >= 11 is 12.3. The Labute approximate surface area is 156 Å². The van der Waals surface area contributed by atoms with Crippen LogP contribution in [0.3, 0.4) is 0 Å². The van der Waals surface area contributed by atoms with Gasteiger partial charge in [0.2, 0.25) is 0 Å². The molecule has 1 heterocycles. The number of benzene rings is 2. The molecule has 1 aliphatic carbocycles. The quantitative estimate of drug-likeness (QED) is 0.651. The monoisotopic (exact) mass is 373 g/mol. The highest BCUT2D eigenvalue weighted by Gasteiger charge is 2.40. The molecule has 2 aromatic carbocycles. The standard InChI is InChI=1S/C20H17Cl2NO2/c1-10-5-7-14(20(24)25)17-12-3-2-4-13(12)19(23-18(10)17)11-6-8-15(21)16(22)9-11/h2-3,5-9,12-13,19,23H,4H2,1H3,(H,24,25)/t12-,13-,19-/m1/s1. The smallest absolute Gasteiger partial charge is 0.336 e. The van der Waals surface area contributed by atoms with E-state index in [1.54, 1.807) is 6.07 Å². The average molecular weight is 374 g/mol. The molecule has 0 saturated carbocycles. The summed E-state index contributed by atoms with van der Waals surface area (Å²) in [5.41, 5.74) is 4.30. The molecule has 0 saturated heterocycles. The Kier molecular flexibility index (Phi) is 4.01. The van der Waals surface area contributed by atoms with Crippen LogP contribution >= 0.6 is 23.2 Å². The summed E-state index contributed by atoms with van der Waals surface area (Å²) in [7, 11) is 0. The van der Waals surface area contributed by atoms with E-state index in [1.165, 1.54) is 0 Å². The molecule has 128 valence electrons. The molecular formula is C20H17Cl2NO2. The third-order valence-electron chi connectivity index (χ3n) is 5.26. The fourth-order valence-electron chi connectivity index (χ4n) is 4.08. The lowest BCUT2D eigenvalue weighted by atomic mass is 9.75. The predicted molar refractivity (Wildman–Crippen MR) is 101 cm³/mol. The molecule has 0 radical (unpaired) electrons. The first-order chi connectivity index (χ1) is 12.0. The van der Waals surface area contributed by atoms with Gasteiger partial charge in [-0.2, -0.15) is 0 Å². The average Bonchev–Trinajstić information content (AvgIpc) is 3.06. The molecule has 0 spiro atoms. The van der Waals surface area contributed by atoms with Crippen LogP contribution in [0, 0.1) is 12.8 Å². The first kappa shape index (κ1) is 16.5. The Balaban J connectivity index is 1.87. The van der Waals surface area contributed by atoms with Crippen LogP contribution < -0.4 is 5.32 Å². The van der Waals surface area contributed by atoms with E-state index < -0.39 is 5.97 Å². The number of hydrogen-bond acceptors (Lipinski definition) is 2. The summed E-state index contributed by atoms with van der Waals surface area (Å²) in [6, 6.07) is 9.33.